The molecular formula is C28H37N5O16P3+. The second-order valence-electron chi connectivity index (χ2n) is 11.8. The van der Waals surface area contributed by atoms with E-state index in [1.54, 1.807) is 32.2 Å². The summed E-state index contributed by atoms with van der Waals surface area (Å²) in [5, 5.41) is 11.6. The minimum atomic E-state index is -5.71. The van der Waals surface area contributed by atoms with Crippen molar-refractivity contribution < 1.29 is 70.2 Å². The Kier molecular flexibility index (Phi) is 13.1. The molecule has 2 aromatic rings. The van der Waals surface area contributed by atoms with E-state index in [-0.39, 0.29) is 53.8 Å². The quantitative estimate of drug-likeness (QED) is 0.0376. The highest BCUT2D eigenvalue weighted by Gasteiger charge is 2.46. The molecule has 2 aliphatic heterocycles. The molecule has 284 valence electrons. The van der Waals surface area contributed by atoms with Crippen molar-refractivity contribution in [1.29, 1.82) is 0 Å². The van der Waals surface area contributed by atoms with E-state index in [4.69, 9.17) is 29.5 Å². The maximum Gasteiger partial charge on any atom is 0.490 e. The molecule has 0 spiro atoms. The molecule has 21 nitrogen and oxygen atoms in total. The summed E-state index contributed by atoms with van der Waals surface area (Å²) in [5.41, 5.74) is 6.33. The van der Waals surface area contributed by atoms with Crippen LogP contribution in [-0.2, 0) is 47.5 Å². The highest BCUT2D eigenvalue weighted by Crippen LogP contribution is 2.66. The number of carbonyl (C=O) groups excluding carboxylic acids is 1. The molecule has 0 amide bonds. The monoisotopic (exact) mass is 792 g/mol. The minimum Gasteiger partial charge on any atom is -0.457 e. The van der Waals surface area contributed by atoms with Gasteiger partial charge in [-0.05, 0) is 35.9 Å². The number of benzene rings is 1. The molecule has 0 saturated carbocycles. The highest BCUT2D eigenvalue weighted by atomic mass is 31.3. The lowest BCUT2D eigenvalue weighted by molar-refractivity contribution is -0.536. The lowest BCUT2D eigenvalue weighted by Crippen LogP contribution is -2.26. The Bertz CT molecular complexity index is 2010. The Morgan fingerprint density at radius 2 is 1.94 bits per heavy atom. The molecule has 7 atom stereocenters. The molecule has 2 aliphatic rings. The van der Waals surface area contributed by atoms with Crippen molar-refractivity contribution in [2.45, 2.75) is 77.2 Å². The Balaban J connectivity index is 1.42. The van der Waals surface area contributed by atoms with E-state index in [1.807, 2.05) is 6.92 Å². The molecule has 1 aromatic carbocycles. The zero-order valence-corrected chi connectivity index (χ0v) is 30.6. The number of nitrogen functional groups attached to an aromatic ring is 1. The number of anilines is 1. The number of aromatic nitrogens is 2. The predicted molar refractivity (Wildman–Crippen MR) is 179 cm³/mol. The first kappa shape index (κ1) is 41.1. The molecule has 0 radical (unpaired) electrons. The van der Waals surface area contributed by atoms with E-state index in [0.717, 1.165) is 12.0 Å². The number of nitrogens with one attached hydrogen (secondary N) is 1. The third kappa shape index (κ3) is 10.9. The lowest BCUT2D eigenvalue weighted by atomic mass is 10.0. The van der Waals surface area contributed by atoms with E-state index in [9.17, 15) is 43.2 Å². The molecule has 24 heteroatoms. The van der Waals surface area contributed by atoms with Gasteiger partial charge in [-0.3, -0.25) is 29.2 Å². The number of nitro groups is 1. The topological polar surface area (TPSA) is 313 Å². The van der Waals surface area contributed by atoms with E-state index < -0.39 is 70.9 Å². The fourth-order valence-corrected chi connectivity index (χ4v) is 8.56. The number of esters is 1. The number of H-pyrrole nitrogens is 1. The summed E-state index contributed by atoms with van der Waals surface area (Å²) in [6.07, 6.45) is 0.530. The molecule has 1 saturated heterocycles. The number of ether oxygens (including phenoxy) is 2. The standard InChI is InChI=1S/C28H36N5O16P3/c1-4-7-18-10-11-21(33(36)37)20(13-18)17(3)46-24(34)9-6-5-8-19-14-32(26-25(19)27(35)31-28(29)30-26)23-12-16(2)22(47-23)15-45-51(41,42)49-52(43,44)48-50(38,39)40/h10-11,13-14,16-17,19,22-23H,4,6-7,9,12,15H2,1-3H3,(H6-,29,30,31,35,38,39,40,41,42,43,44)/p+1/t16-,17?,19?,22-,23-/m1/s1. The zero-order valence-electron chi connectivity index (χ0n) is 27.9. The summed E-state index contributed by atoms with van der Waals surface area (Å²) in [4.78, 5) is 79.8. The molecule has 3 heterocycles. The van der Waals surface area contributed by atoms with Gasteiger partial charge in [0.1, 0.15) is 17.6 Å². The van der Waals surface area contributed by atoms with Gasteiger partial charge in [-0.15, -0.1) is 5.92 Å². The molecule has 0 aliphatic carbocycles. The van der Waals surface area contributed by atoms with Crippen molar-refractivity contribution >= 4 is 53.1 Å². The maximum absolute atomic E-state index is 12.9. The Labute approximate surface area is 295 Å². The number of hydrogen-bond acceptors (Lipinski definition) is 14. The van der Waals surface area contributed by atoms with Crippen LogP contribution in [0.25, 0.3) is 0 Å². The number of rotatable bonds is 15. The molecule has 7 N–H and O–H groups in total. The first-order valence-electron chi connectivity index (χ1n) is 15.6. The Morgan fingerprint density at radius 3 is 2.60 bits per heavy atom. The average molecular weight is 793 g/mol. The van der Waals surface area contributed by atoms with Crippen molar-refractivity contribution in [3.05, 3.63) is 55.4 Å². The fraction of sp³-hybridized carbons (Fsp3) is 0.500. The largest absolute Gasteiger partial charge is 0.490 e. The summed E-state index contributed by atoms with van der Waals surface area (Å²) in [6, 6.07) is 4.71. The second-order valence-corrected chi connectivity index (χ2v) is 16.2. The number of aromatic amines is 1. The van der Waals surface area contributed by atoms with Gasteiger partial charge in [0.05, 0.1) is 35.8 Å². The Hall–Kier alpha value is -3.63. The van der Waals surface area contributed by atoms with Crippen LogP contribution in [0.1, 0.15) is 75.2 Å². The van der Waals surface area contributed by atoms with Crippen molar-refractivity contribution in [1.82, 2.24) is 9.97 Å². The lowest BCUT2D eigenvalue weighted by Gasteiger charge is -2.19. The van der Waals surface area contributed by atoms with Crippen LogP contribution in [0.5, 0.6) is 0 Å². The van der Waals surface area contributed by atoms with Crippen LogP contribution in [-0.4, -0.2) is 70.2 Å². The third-order valence-electron chi connectivity index (χ3n) is 7.77. The number of phosphoric ester groups is 1. The number of phosphoric acid groups is 3. The van der Waals surface area contributed by atoms with Gasteiger partial charge in [-0.25, -0.2) is 18.3 Å². The summed E-state index contributed by atoms with van der Waals surface area (Å²) >= 11 is 0. The SMILES string of the molecule is CCCc1ccc([N+](=O)[O-])c(C(C)OC(=O)CCC#CC2C=[N+]([C@H]3C[C@@H](C)[C@@H](COP(=O)(O)OP(=O)(O)OP(=O)(O)O)O3)c3nc(N)[nH]c(=O)c32)c1. The summed E-state index contributed by atoms with van der Waals surface area (Å²) in [7, 11) is -16.7. The van der Waals surface area contributed by atoms with Gasteiger partial charge >= 0.3 is 41.2 Å². The molecule has 52 heavy (non-hydrogen) atoms. The number of hydrogen-bond donors (Lipinski definition) is 6. The summed E-state index contributed by atoms with van der Waals surface area (Å²) in [6.45, 7) is 4.53. The smallest absolute Gasteiger partial charge is 0.457 e. The summed E-state index contributed by atoms with van der Waals surface area (Å²) < 4.78 is 59.8. The number of aryl methyl sites for hydroxylation is 1. The van der Waals surface area contributed by atoms with Crippen molar-refractivity contribution in [3.8, 4) is 11.8 Å². The molecule has 1 fully saturated rings. The van der Waals surface area contributed by atoms with Crippen LogP contribution in [0.2, 0.25) is 0 Å². The average Bonchev–Trinajstić information content (AvgIpc) is 3.56. The van der Waals surface area contributed by atoms with Crippen LogP contribution in [0.3, 0.4) is 0 Å². The number of nitrogens with two attached hydrogens (primary N) is 1. The van der Waals surface area contributed by atoms with Gasteiger partial charge in [0.15, 0.2) is 0 Å². The molecule has 0 bridgehead atoms. The molecular weight excluding hydrogens is 755 g/mol. The normalized spacial score (nSPS) is 22.6. The summed E-state index contributed by atoms with van der Waals surface area (Å²) in [5.74, 6) is 3.81. The molecule has 4 unspecified atom stereocenters. The van der Waals surface area contributed by atoms with E-state index in [0.29, 0.717) is 6.42 Å². The number of nitrogens with zero attached hydrogens (tertiary/aromatic N) is 3. The van der Waals surface area contributed by atoms with Crippen LogP contribution >= 0.6 is 23.5 Å². The zero-order chi connectivity index (χ0) is 38.6. The number of carbonyl (C=O) groups is 1. The van der Waals surface area contributed by atoms with Gasteiger partial charge in [-0.1, -0.05) is 32.3 Å². The highest BCUT2D eigenvalue weighted by molar-refractivity contribution is 7.66. The maximum atomic E-state index is 12.9. The van der Waals surface area contributed by atoms with E-state index >= 15 is 0 Å². The van der Waals surface area contributed by atoms with Gasteiger partial charge in [0.25, 0.3) is 11.2 Å². The fourth-order valence-electron chi connectivity index (χ4n) is 5.53. The van der Waals surface area contributed by atoms with Crippen LogP contribution in [0, 0.1) is 27.9 Å². The minimum absolute atomic E-state index is 0.0170. The predicted octanol–water partition coefficient (Wildman–Crippen LogP) is 3.21. The van der Waals surface area contributed by atoms with E-state index in [1.165, 1.54) is 10.6 Å². The van der Waals surface area contributed by atoms with Crippen molar-refractivity contribution in [2.75, 3.05) is 12.3 Å². The van der Waals surface area contributed by atoms with Gasteiger partial charge < -0.3 is 34.8 Å². The van der Waals surface area contributed by atoms with Crippen LogP contribution in [0.4, 0.5) is 17.5 Å². The van der Waals surface area contributed by atoms with Gasteiger partial charge in [-0.2, -0.15) is 8.62 Å². The molecule has 1 aromatic heterocycles. The molecule has 4 rings (SSSR count). The first-order chi connectivity index (χ1) is 24.2. The van der Waals surface area contributed by atoms with Crippen molar-refractivity contribution in [3.63, 3.8) is 0 Å². The second kappa shape index (κ2) is 16.6. The third-order valence-corrected chi connectivity index (χ3v) is 11.6. The Morgan fingerprint density at radius 1 is 1.23 bits per heavy atom. The van der Waals surface area contributed by atoms with Gasteiger partial charge in [0, 0.05) is 18.9 Å². The number of nitro benzene ring substituents is 1. The van der Waals surface area contributed by atoms with Crippen molar-refractivity contribution in [2.24, 2.45) is 5.92 Å². The first-order valence-corrected chi connectivity index (χ1v) is 20.1. The van der Waals surface area contributed by atoms with E-state index in [2.05, 4.69) is 30.4 Å². The van der Waals surface area contributed by atoms with Crippen LogP contribution < -0.4 is 11.3 Å². The van der Waals surface area contributed by atoms with Crippen LogP contribution in [0.15, 0.2) is 23.0 Å². The number of fused-ring (bicyclic) bond motifs is 1. The van der Waals surface area contributed by atoms with Gasteiger partial charge in [0.2, 0.25) is 6.23 Å².